The highest BCUT2D eigenvalue weighted by Gasteiger charge is 2.08. The first-order valence-corrected chi connectivity index (χ1v) is 7.78. The minimum Gasteiger partial charge on any atom is -0.480 e. The van der Waals surface area contributed by atoms with Crippen LogP contribution in [-0.4, -0.2) is 40.2 Å². The molecular formula is C16H23NO4S. The Hall–Kier alpha value is -2.05. The Morgan fingerprint density at radius 2 is 1.77 bits per heavy atom. The van der Waals surface area contributed by atoms with E-state index in [9.17, 15) is 9.59 Å². The molecule has 0 saturated carbocycles. The summed E-state index contributed by atoms with van der Waals surface area (Å²) in [7, 11) is 0. The van der Waals surface area contributed by atoms with Crippen LogP contribution in [0.1, 0.15) is 12.0 Å². The highest BCUT2D eigenvalue weighted by molar-refractivity contribution is 7.98. The van der Waals surface area contributed by atoms with Crippen molar-refractivity contribution in [2.75, 3.05) is 12.0 Å². The molecule has 5 nitrogen and oxygen atoms in total. The van der Waals surface area contributed by atoms with Crippen LogP contribution in [0.25, 0.3) is 6.08 Å². The molecule has 0 fully saturated rings. The van der Waals surface area contributed by atoms with Crippen molar-refractivity contribution in [1.82, 2.24) is 0 Å². The first kappa shape index (κ1) is 22.2. The van der Waals surface area contributed by atoms with Gasteiger partial charge in [-0.25, -0.2) is 4.79 Å². The number of nitrogens with two attached hydrogens (primary N) is 1. The second-order valence-electron chi connectivity index (χ2n) is 3.88. The lowest BCUT2D eigenvalue weighted by Gasteiger charge is -2.02. The standard InChI is InChI=1S/C8H8.C5H11NO2S.C3H4O2/c1-2-8-6-4-3-5-7-8;1-9-3-2-4(6)5(7)8;1-2-3(4)5/h2-7H,1H2;4H,2-3,6H2,1H3,(H,7,8);2H,1H2,(H,4,5)/t;4-;/m.0./s1. The zero-order valence-corrected chi connectivity index (χ0v) is 13.5. The first-order valence-electron chi connectivity index (χ1n) is 6.39. The topological polar surface area (TPSA) is 101 Å². The molecule has 6 heteroatoms. The van der Waals surface area contributed by atoms with Gasteiger partial charge in [-0.15, -0.1) is 0 Å². The zero-order valence-electron chi connectivity index (χ0n) is 12.6. The van der Waals surface area contributed by atoms with E-state index in [0.717, 1.165) is 11.8 Å². The van der Waals surface area contributed by atoms with Gasteiger partial charge in [0.15, 0.2) is 0 Å². The molecule has 122 valence electrons. The molecule has 0 saturated heterocycles. The Morgan fingerprint density at radius 1 is 1.27 bits per heavy atom. The SMILES string of the molecule is C=CC(=O)O.C=Cc1ccccc1.CSCC[C@H](N)C(=O)O. The largest absolute Gasteiger partial charge is 0.480 e. The third kappa shape index (κ3) is 16.0. The van der Waals surface area contributed by atoms with Crippen molar-refractivity contribution in [2.45, 2.75) is 12.5 Å². The van der Waals surface area contributed by atoms with Gasteiger partial charge in [0.1, 0.15) is 6.04 Å². The van der Waals surface area contributed by atoms with Gasteiger partial charge in [-0.05, 0) is 24.0 Å². The van der Waals surface area contributed by atoms with Gasteiger partial charge < -0.3 is 15.9 Å². The maximum Gasteiger partial charge on any atom is 0.327 e. The fourth-order valence-corrected chi connectivity index (χ4v) is 1.45. The monoisotopic (exact) mass is 325 g/mol. The van der Waals surface area contributed by atoms with E-state index in [1.165, 1.54) is 5.56 Å². The molecule has 0 aliphatic rings. The summed E-state index contributed by atoms with van der Waals surface area (Å²) in [5.74, 6) is -1.08. The van der Waals surface area contributed by atoms with Crippen molar-refractivity contribution < 1.29 is 19.8 Å². The predicted octanol–water partition coefficient (Wildman–Crippen LogP) is 2.74. The Bertz CT molecular complexity index is 449. The number of hydrogen-bond acceptors (Lipinski definition) is 4. The minimum atomic E-state index is -0.981. The van der Waals surface area contributed by atoms with E-state index in [1.54, 1.807) is 11.8 Å². The molecule has 0 heterocycles. The van der Waals surface area contributed by atoms with Gasteiger partial charge in [0.05, 0.1) is 0 Å². The zero-order chi connectivity index (χ0) is 17.4. The van der Waals surface area contributed by atoms with Crippen LogP contribution in [0.5, 0.6) is 0 Å². The van der Waals surface area contributed by atoms with E-state index in [4.69, 9.17) is 15.9 Å². The van der Waals surface area contributed by atoms with Gasteiger partial charge >= 0.3 is 11.9 Å². The molecule has 1 atom stereocenters. The summed E-state index contributed by atoms with van der Waals surface area (Å²) in [6, 6.07) is 9.35. The van der Waals surface area contributed by atoms with Gasteiger partial charge in [0, 0.05) is 6.08 Å². The molecule has 22 heavy (non-hydrogen) atoms. The van der Waals surface area contributed by atoms with E-state index in [-0.39, 0.29) is 0 Å². The fourth-order valence-electron chi connectivity index (χ4n) is 0.957. The molecule has 0 unspecified atom stereocenters. The van der Waals surface area contributed by atoms with Gasteiger partial charge in [-0.2, -0.15) is 11.8 Å². The second-order valence-corrected chi connectivity index (χ2v) is 4.87. The van der Waals surface area contributed by atoms with Crippen LogP contribution >= 0.6 is 11.8 Å². The quantitative estimate of drug-likeness (QED) is 0.695. The van der Waals surface area contributed by atoms with Crippen LogP contribution in [0.4, 0.5) is 0 Å². The molecule has 0 aliphatic carbocycles. The van der Waals surface area contributed by atoms with Crippen molar-refractivity contribution in [3.05, 3.63) is 55.1 Å². The molecule has 1 rings (SSSR count). The van der Waals surface area contributed by atoms with Crippen LogP contribution in [0.15, 0.2) is 49.6 Å². The number of rotatable bonds is 6. The lowest BCUT2D eigenvalue weighted by atomic mass is 10.2. The molecule has 1 aromatic rings. The molecule has 0 aromatic heterocycles. The van der Waals surface area contributed by atoms with Crippen molar-refractivity contribution in [2.24, 2.45) is 5.73 Å². The Morgan fingerprint density at radius 3 is 2.05 bits per heavy atom. The molecule has 4 N–H and O–H groups in total. The number of carbonyl (C=O) groups is 2. The number of benzene rings is 1. The molecule has 0 amide bonds. The third-order valence-corrected chi connectivity index (χ3v) is 2.80. The number of aliphatic carboxylic acids is 2. The van der Waals surface area contributed by atoms with Crippen LogP contribution in [0, 0.1) is 0 Å². The lowest BCUT2D eigenvalue weighted by molar-refractivity contribution is -0.138. The molecule has 1 aromatic carbocycles. The summed E-state index contributed by atoms with van der Waals surface area (Å²) >= 11 is 1.60. The molecular weight excluding hydrogens is 302 g/mol. The highest BCUT2D eigenvalue weighted by atomic mass is 32.2. The lowest BCUT2D eigenvalue weighted by Crippen LogP contribution is -2.30. The Balaban J connectivity index is 0. The summed E-state index contributed by atoms with van der Waals surface area (Å²) < 4.78 is 0. The summed E-state index contributed by atoms with van der Waals surface area (Å²) in [6.45, 7) is 6.59. The molecule has 0 bridgehead atoms. The van der Waals surface area contributed by atoms with Gasteiger partial charge in [-0.3, -0.25) is 4.79 Å². The second kappa shape index (κ2) is 15.3. The number of hydrogen-bond donors (Lipinski definition) is 3. The predicted molar refractivity (Wildman–Crippen MR) is 93.0 cm³/mol. The van der Waals surface area contributed by atoms with E-state index in [0.29, 0.717) is 6.42 Å². The molecule has 0 spiro atoms. The van der Waals surface area contributed by atoms with Crippen LogP contribution in [-0.2, 0) is 9.59 Å². The average Bonchev–Trinajstić information content (AvgIpc) is 2.54. The normalized spacial score (nSPS) is 9.91. The van der Waals surface area contributed by atoms with Gasteiger partial charge in [-0.1, -0.05) is 49.6 Å². The Labute approximate surface area is 135 Å². The maximum atomic E-state index is 10.1. The Kier molecular flexibility index (Phi) is 15.5. The minimum absolute atomic E-state index is 0.552. The number of carboxylic acids is 2. The summed E-state index contributed by atoms with van der Waals surface area (Å²) in [5.41, 5.74) is 6.36. The van der Waals surface area contributed by atoms with Crippen molar-refractivity contribution in [3.8, 4) is 0 Å². The van der Waals surface area contributed by atoms with Crippen LogP contribution in [0.3, 0.4) is 0 Å². The van der Waals surface area contributed by atoms with Crippen LogP contribution in [0.2, 0.25) is 0 Å². The van der Waals surface area contributed by atoms with Gasteiger partial charge in [0.2, 0.25) is 0 Å². The van der Waals surface area contributed by atoms with Crippen molar-refractivity contribution in [1.29, 1.82) is 0 Å². The number of carboxylic acid groups (broad SMARTS) is 2. The summed E-state index contributed by atoms with van der Waals surface area (Å²) in [5, 5.41) is 15.9. The maximum absolute atomic E-state index is 10.1. The van der Waals surface area contributed by atoms with E-state index in [2.05, 4.69) is 13.2 Å². The molecule has 0 radical (unpaired) electrons. The van der Waals surface area contributed by atoms with E-state index in [1.807, 2.05) is 42.7 Å². The van der Waals surface area contributed by atoms with Crippen molar-refractivity contribution >= 4 is 29.8 Å². The molecule has 0 aliphatic heterocycles. The number of thioether (sulfide) groups is 1. The average molecular weight is 325 g/mol. The van der Waals surface area contributed by atoms with Crippen molar-refractivity contribution in [3.63, 3.8) is 0 Å². The highest BCUT2D eigenvalue weighted by Crippen LogP contribution is 1.98. The van der Waals surface area contributed by atoms with E-state index < -0.39 is 18.0 Å². The fraction of sp³-hybridized carbons (Fsp3) is 0.250. The van der Waals surface area contributed by atoms with Crippen LogP contribution < -0.4 is 5.73 Å². The van der Waals surface area contributed by atoms with E-state index >= 15 is 0 Å². The third-order valence-electron chi connectivity index (χ3n) is 2.16. The van der Waals surface area contributed by atoms with Gasteiger partial charge in [0.25, 0.3) is 0 Å². The smallest absolute Gasteiger partial charge is 0.327 e. The summed E-state index contributed by atoms with van der Waals surface area (Å²) in [6.07, 6.45) is 5.14. The first-order chi connectivity index (χ1) is 10.4. The summed E-state index contributed by atoms with van der Waals surface area (Å²) in [4.78, 5) is 19.3.